The Hall–Kier alpha value is -2.85. The zero-order valence-corrected chi connectivity index (χ0v) is 18.6. The molecule has 156 valence electrons. The maximum Gasteiger partial charge on any atom is 0.240 e. The van der Waals surface area contributed by atoms with Crippen molar-refractivity contribution in [3.05, 3.63) is 52.5 Å². The van der Waals surface area contributed by atoms with Gasteiger partial charge in [0, 0.05) is 12.1 Å². The summed E-state index contributed by atoms with van der Waals surface area (Å²) in [6.07, 6.45) is 1.57. The van der Waals surface area contributed by atoms with Crippen LogP contribution < -0.4 is 20.1 Å². The lowest BCUT2D eigenvalue weighted by molar-refractivity contribution is -0.122. The highest BCUT2D eigenvalue weighted by molar-refractivity contribution is 9.10. The number of rotatable bonds is 7. The van der Waals surface area contributed by atoms with Crippen molar-refractivity contribution in [1.29, 1.82) is 0 Å². The maximum absolute atomic E-state index is 12.2. The number of nitrogens with one attached hydrogen (secondary N) is 2. The molecule has 2 amide bonds. The number of thioether (sulfide) groups is 1. The predicted molar refractivity (Wildman–Crippen MR) is 121 cm³/mol. The second kappa shape index (κ2) is 10.3. The first-order valence-corrected chi connectivity index (χ1v) is 10.5. The van der Waals surface area contributed by atoms with E-state index in [0.29, 0.717) is 26.8 Å². The van der Waals surface area contributed by atoms with Gasteiger partial charge in [0.1, 0.15) is 5.25 Å². The number of hydrogen-bond acceptors (Lipinski definition) is 7. The number of amidine groups is 1. The summed E-state index contributed by atoms with van der Waals surface area (Å²) in [4.78, 5) is 24.3. The Balaban J connectivity index is 1.60. The van der Waals surface area contributed by atoms with Gasteiger partial charge >= 0.3 is 0 Å². The Morgan fingerprint density at radius 1 is 1.27 bits per heavy atom. The summed E-state index contributed by atoms with van der Waals surface area (Å²) in [6.45, 7) is 0. The van der Waals surface area contributed by atoms with Crippen LogP contribution in [0.4, 0.5) is 5.69 Å². The van der Waals surface area contributed by atoms with Gasteiger partial charge < -0.3 is 20.1 Å². The summed E-state index contributed by atoms with van der Waals surface area (Å²) in [7, 11) is 3.10. The fourth-order valence-electron chi connectivity index (χ4n) is 2.65. The Bertz CT molecular complexity index is 998. The standard InChI is InChI=1S/C20H19BrN4O4S/c1-28-15-9-12(8-14(21)18(15)29-2)11-22-25-20-24-19(27)16(30-20)10-17(26)23-13-6-4-3-5-7-13/h3-9,11,16H,10H2,1-2H3,(H,23,26)(H,24,25,27). The molecule has 0 aliphatic carbocycles. The van der Waals surface area contributed by atoms with Crippen LogP contribution in [0.25, 0.3) is 0 Å². The average Bonchev–Trinajstić information content (AvgIpc) is 3.07. The van der Waals surface area contributed by atoms with Gasteiger partial charge in [0.15, 0.2) is 16.7 Å². The second-order valence-corrected chi connectivity index (χ2v) is 8.15. The van der Waals surface area contributed by atoms with Crippen LogP contribution in [0.15, 0.2) is 57.1 Å². The molecule has 1 aliphatic heterocycles. The molecule has 0 spiro atoms. The average molecular weight is 491 g/mol. The zero-order chi connectivity index (χ0) is 21.5. The molecule has 1 fully saturated rings. The number of amides is 2. The normalized spacial score (nSPS) is 17.2. The molecule has 0 radical (unpaired) electrons. The van der Waals surface area contributed by atoms with Crippen LogP contribution in [0.3, 0.4) is 0 Å². The molecule has 0 saturated carbocycles. The van der Waals surface area contributed by atoms with Gasteiger partial charge in [-0.2, -0.15) is 5.10 Å². The molecule has 30 heavy (non-hydrogen) atoms. The zero-order valence-electron chi connectivity index (χ0n) is 16.2. The molecular weight excluding hydrogens is 472 g/mol. The fourth-order valence-corrected chi connectivity index (χ4v) is 4.19. The van der Waals surface area contributed by atoms with E-state index in [2.05, 4.69) is 36.8 Å². The van der Waals surface area contributed by atoms with Crippen molar-refractivity contribution in [2.75, 3.05) is 19.5 Å². The fraction of sp³-hybridized carbons (Fsp3) is 0.200. The second-order valence-electron chi connectivity index (χ2n) is 6.10. The van der Waals surface area contributed by atoms with Crippen molar-refractivity contribution >= 4 is 56.6 Å². The summed E-state index contributed by atoms with van der Waals surface area (Å²) >= 11 is 4.59. The van der Waals surface area contributed by atoms with Crippen molar-refractivity contribution in [3.8, 4) is 11.5 Å². The van der Waals surface area contributed by atoms with Gasteiger partial charge in [-0.1, -0.05) is 30.0 Å². The molecule has 1 heterocycles. The minimum atomic E-state index is -0.558. The molecule has 1 unspecified atom stereocenters. The van der Waals surface area contributed by atoms with Crippen LogP contribution in [0.2, 0.25) is 0 Å². The monoisotopic (exact) mass is 490 g/mol. The van der Waals surface area contributed by atoms with Crippen molar-refractivity contribution in [3.63, 3.8) is 0 Å². The van der Waals surface area contributed by atoms with Gasteiger partial charge in [-0.05, 0) is 45.8 Å². The molecule has 10 heteroatoms. The highest BCUT2D eigenvalue weighted by Gasteiger charge is 2.32. The third-order valence-corrected chi connectivity index (χ3v) is 5.68. The molecule has 0 bridgehead atoms. The highest BCUT2D eigenvalue weighted by Crippen LogP contribution is 2.35. The topological polar surface area (TPSA) is 101 Å². The summed E-state index contributed by atoms with van der Waals surface area (Å²) in [5.41, 5.74) is 1.42. The number of nitrogens with zero attached hydrogens (tertiary/aromatic N) is 2. The van der Waals surface area contributed by atoms with Gasteiger partial charge in [0.2, 0.25) is 11.8 Å². The van der Waals surface area contributed by atoms with Crippen molar-refractivity contribution in [1.82, 2.24) is 5.32 Å². The Labute approximate surface area is 186 Å². The minimum absolute atomic E-state index is 0.0384. The van der Waals surface area contributed by atoms with Gasteiger partial charge in [-0.3, -0.25) is 9.59 Å². The molecule has 1 saturated heterocycles. The van der Waals surface area contributed by atoms with Gasteiger partial charge in [0.05, 0.1) is 24.9 Å². The van der Waals surface area contributed by atoms with E-state index in [9.17, 15) is 9.59 Å². The summed E-state index contributed by atoms with van der Waals surface area (Å²) in [5.74, 6) is 0.616. The molecule has 1 atom stereocenters. The number of hydrogen-bond donors (Lipinski definition) is 2. The third kappa shape index (κ3) is 5.61. The quantitative estimate of drug-likeness (QED) is 0.457. The Morgan fingerprint density at radius 2 is 2.03 bits per heavy atom. The predicted octanol–water partition coefficient (Wildman–Crippen LogP) is 3.42. The summed E-state index contributed by atoms with van der Waals surface area (Å²) < 4.78 is 11.3. The smallest absolute Gasteiger partial charge is 0.240 e. The number of ether oxygens (including phenoxy) is 2. The van der Waals surface area contributed by atoms with E-state index in [0.717, 1.165) is 5.56 Å². The molecule has 3 rings (SSSR count). The number of anilines is 1. The molecule has 8 nitrogen and oxygen atoms in total. The van der Waals surface area contributed by atoms with Crippen LogP contribution in [-0.2, 0) is 9.59 Å². The molecule has 2 N–H and O–H groups in total. The van der Waals surface area contributed by atoms with Crippen LogP contribution in [0, 0.1) is 0 Å². The van der Waals surface area contributed by atoms with E-state index in [1.54, 1.807) is 32.4 Å². The van der Waals surface area contributed by atoms with Crippen LogP contribution in [-0.4, -0.2) is 42.7 Å². The molecule has 2 aromatic rings. The SMILES string of the molecule is COc1cc(C=N/N=C2\NC(=O)C(CC(=O)Nc3ccccc3)S2)cc(Br)c1OC. The summed E-state index contributed by atoms with van der Waals surface area (Å²) in [6, 6.07) is 12.6. The van der Waals surface area contributed by atoms with Crippen LogP contribution in [0.5, 0.6) is 11.5 Å². The first kappa shape index (κ1) is 21.8. The number of carbonyl (C=O) groups is 2. The van der Waals surface area contributed by atoms with E-state index in [-0.39, 0.29) is 18.2 Å². The van der Waals surface area contributed by atoms with E-state index in [1.165, 1.54) is 18.0 Å². The lowest BCUT2D eigenvalue weighted by atomic mass is 10.2. The van der Waals surface area contributed by atoms with E-state index in [4.69, 9.17) is 9.47 Å². The maximum atomic E-state index is 12.2. The number of carbonyl (C=O) groups excluding carboxylic acids is 2. The van der Waals surface area contributed by atoms with Crippen LogP contribution in [0.1, 0.15) is 12.0 Å². The van der Waals surface area contributed by atoms with Crippen molar-refractivity contribution < 1.29 is 19.1 Å². The first-order chi connectivity index (χ1) is 14.5. The number of methoxy groups -OCH3 is 2. The van der Waals surface area contributed by atoms with Gasteiger partial charge in [-0.25, -0.2) is 0 Å². The van der Waals surface area contributed by atoms with Crippen molar-refractivity contribution in [2.24, 2.45) is 10.2 Å². The molecular formula is C20H19BrN4O4S. The number of para-hydroxylation sites is 1. The molecule has 1 aliphatic rings. The highest BCUT2D eigenvalue weighted by atomic mass is 79.9. The van der Waals surface area contributed by atoms with Crippen LogP contribution >= 0.6 is 27.7 Å². The molecule has 2 aromatic carbocycles. The van der Waals surface area contributed by atoms with Gasteiger partial charge in [-0.15, -0.1) is 5.10 Å². The number of benzene rings is 2. The van der Waals surface area contributed by atoms with E-state index < -0.39 is 5.25 Å². The van der Waals surface area contributed by atoms with E-state index in [1.807, 2.05) is 24.3 Å². The largest absolute Gasteiger partial charge is 0.493 e. The van der Waals surface area contributed by atoms with Crippen molar-refractivity contribution in [2.45, 2.75) is 11.7 Å². The van der Waals surface area contributed by atoms with E-state index >= 15 is 0 Å². The summed E-state index contributed by atoms with van der Waals surface area (Å²) in [5, 5.41) is 13.2. The Morgan fingerprint density at radius 3 is 2.73 bits per heavy atom. The lowest BCUT2D eigenvalue weighted by Gasteiger charge is -2.09. The third-order valence-electron chi connectivity index (χ3n) is 4.02. The number of halogens is 1. The Kier molecular flexibility index (Phi) is 7.47. The molecule has 0 aromatic heterocycles. The first-order valence-electron chi connectivity index (χ1n) is 8.85. The minimum Gasteiger partial charge on any atom is -0.493 e. The van der Waals surface area contributed by atoms with Gasteiger partial charge in [0.25, 0.3) is 0 Å². The lowest BCUT2D eigenvalue weighted by Crippen LogP contribution is -2.28.